The predicted octanol–water partition coefficient (Wildman–Crippen LogP) is 5.83. The third kappa shape index (κ3) is 3.99. The molecule has 0 radical (unpaired) electrons. The van der Waals surface area contributed by atoms with E-state index < -0.39 is 0 Å². The molecule has 178 valence electrons. The number of nitrogens with zero attached hydrogens (tertiary/aromatic N) is 3. The lowest BCUT2D eigenvalue weighted by Crippen LogP contribution is -2.57. The molecule has 4 heterocycles. The highest BCUT2D eigenvalue weighted by atomic mass is 16.2. The molecule has 0 bridgehead atoms. The molecule has 0 saturated carbocycles. The minimum Gasteiger partial charge on any atom is -0.355 e. The number of carbonyl (C=O) groups excluding carboxylic acids is 1. The number of likely N-dealkylation sites (tertiary alicyclic amines) is 2. The number of carbonyl (C=O) groups is 1. The maximum absolute atomic E-state index is 14.0. The van der Waals surface area contributed by atoms with E-state index in [0.29, 0.717) is 12.0 Å². The first-order valence-electron chi connectivity index (χ1n) is 13.0. The van der Waals surface area contributed by atoms with E-state index >= 15 is 0 Å². The number of rotatable bonds is 2. The van der Waals surface area contributed by atoms with Crippen LogP contribution in [0.5, 0.6) is 0 Å². The molecule has 1 aromatic carbocycles. The van der Waals surface area contributed by atoms with Crippen molar-refractivity contribution in [2.24, 2.45) is 5.92 Å². The van der Waals surface area contributed by atoms with Crippen molar-refractivity contribution >= 4 is 23.0 Å². The normalized spacial score (nSPS) is 26.0. The summed E-state index contributed by atoms with van der Waals surface area (Å²) in [6.45, 7) is 13.3. The van der Waals surface area contributed by atoms with E-state index in [1.54, 1.807) is 0 Å². The average Bonchev–Trinajstić information content (AvgIpc) is 3.15. The number of aromatic nitrogens is 1. The first kappa shape index (κ1) is 22.5. The van der Waals surface area contributed by atoms with Crippen molar-refractivity contribution in [3.63, 3.8) is 0 Å². The van der Waals surface area contributed by atoms with Gasteiger partial charge in [-0.3, -0.25) is 9.80 Å². The lowest BCUT2D eigenvalue weighted by Gasteiger charge is -2.46. The first-order valence-corrected chi connectivity index (χ1v) is 13.0. The van der Waals surface area contributed by atoms with Gasteiger partial charge in [0.25, 0.3) is 0 Å². The largest absolute Gasteiger partial charge is 0.355 e. The van der Waals surface area contributed by atoms with Crippen LogP contribution in [0.25, 0.3) is 17.0 Å². The number of nitrogens with one attached hydrogen (secondary N) is 1. The molecule has 3 aliphatic heterocycles. The zero-order valence-electron chi connectivity index (χ0n) is 20.8. The number of para-hydroxylation sites is 1. The third-order valence-corrected chi connectivity index (χ3v) is 8.25. The number of hydrogen-bond donors (Lipinski definition) is 1. The van der Waals surface area contributed by atoms with Gasteiger partial charge in [0, 0.05) is 53.4 Å². The second kappa shape index (κ2) is 8.83. The van der Waals surface area contributed by atoms with Crippen LogP contribution in [-0.4, -0.2) is 64.0 Å². The molecular formula is C28H40N4O. The molecule has 2 aromatic rings. The zero-order valence-corrected chi connectivity index (χ0v) is 20.8. The number of H-pyrrole nitrogens is 1. The summed E-state index contributed by atoms with van der Waals surface area (Å²) in [4.78, 5) is 24.5. The summed E-state index contributed by atoms with van der Waals surface area (Å²) in [6.07, 6.45) is 10.5. The van der Waals surface area contributed by atoms with Gasteiger partial charge in [0.15, 0.2) is 0 Å². The summed E-state index contributed by atoms with van der Waals surface area (Å²) < 4.78 is 0. The monoisotopic (exact) mass is 448 g/mol. The van der Waals surface area contributed by atoms with Gasteiger partial charge in [-0.05, 0) is 62.4 Å². The van der Waals surface area contributed by atoms with Gasteiger partial charge in [0.2, 0.25) is 0 Å². The molecule has 33 heavy (non-hydrogen) atoms. The van der Waals surface area contributed by atoms with E-state index in [1.165, 1.54) is 55.2 Å². The highest BCUT2D eigenvalue weighted by Gasteiger charge is 2.44. The van der Waals surface area contributed by atoms with Crippen molar-refractivity contribution in [2.75, 3.05) is 26.2 Å². The highest BCUT2D eigenvalue weighted by Crippen LogP contribution is 2.43. The molecule has 0 aliphatic carbocycles. The van der Waals surface area contributed by atoms with Crippen LogP contribution >= 0.6 is 0 Å². The number of amides is 2. The number of benzene rings is 1. The Morgan fingerprint density at radius 1 is 1.06 bits per heavy atom. The van der Waals surface area contributed by atoms with Crippen molar-refractivity contribution in [3.8, 4) is 0 Å². The van der Waals surface area contributed by atoms with Crippen molar-refractivity contribution in [1.82, 2.24) is 19.7 Å². The number of urea groups is 1. The standard InChI is InChI=1S/C28H40N4O/c1-20(2)26-28(3,4)25-22-12-6-7-13-23(22)29-24(25)14-18-32(26)27(33)31-17-10-11-21(19-31)30-15-8-5-9-16-30/h6-7,12-14,18,20-21,26,29H,5,8-11,15-17,19H2,1-4H3/t21-,26?/m1/s1. The second-order valence-electron chi connectivity index (χ2n) is 11.2. The topological polar surface area (TPSA) is 42.6 Å². The van der Waals surface area contributed by atoms with Gasteiger partial charge < -0.3 is 9.88 Å². The quantitative estimate of drug-likeness (QED) is 0.628. The minimum atomic E-state index is -0.190. The van der Waals surface area contributed by atoms with Crippen LogP contribution in [0.3, 0.4) is 0 Å². The van der Waals surface area contributed by atoms with E-state index in [1.807, 2.05) is 0 Å². The van der Waals surface area contributed by atoms with E-state index in [0.717, 1.165) is 25.2 Å². The molecule has 5 nitrogen and oxygen atoms in total. The average molecular weight is 449 g/mol. The fourth-order valence-electron chi connectivity index (χ4n) is 6.94. The lowest BCUT2D eigenvalue weighted by atomic mass is 9.72. The number of fused-ring (bicyclic) bond motifs is 3. The van der Waals surface area contributed by atoms with Crippen molar-refractivity contribution in [1.29, 1.82) is 0 Å². The Hall–Kier alpha value is -2.27. The maximum atomic E-state index is 14.0. The molecule has 2 amide bonds. The summed E-state index contributed by atoms with van der Waals surface area (Å²) in [5.74, 6) is 0.330. The summed E-state index contributed by atoms with van der Waals surface area (Å²) in [6, 6.07) is 9.33. The SMILES string of the molecule is CC(C)C1N(C(=O)N2CCC[C@@H](N3CCCCC3)C2)C=Cc2[nH]c3ccccc3c2C1(C)C. The van der Waals surface area contributed by atoms with Crippen molar-refractivity contribution in [2.45, 2.75) is 77.3 Å². The molecule has 1 unspecified atom stereocenters. The molecule has 2 fully saturated rings. The molecule has 5 rings (SSSR count). The maximum Gasteiger partial charge on any atom is 0.324 e. The fraction of sp³-hybridized carbons (Fsp3) is 0.607. The van der Waals surface area contributed by atoms with Crippen LogP contribution < -0.4 is 0 Å². The summed E-state index contributed by atoms with van der Waals surface area (Å²) in [5, 5.41) is 1.27. The molecular weight excluding hydrogens is 408 g/mol. The van der Waals surface area contributed by atoms with Crippen LogP contribution in [0.1, 0.15) is 71.1 Å². The zero-order chi connectivity index (χ0) is 23.2. The third-order valence-electron chi connectivity index (χ3n) is 8.25. The highest BCUT2D eigenvalue weighted by molar-refractivity contribution is 5.89. The van der Waals surface area contributed by atoms with Gasteiger partial charge in [-0.25, -0.2) is 4.79 Å². The predicted molar refractivity (Wildman–Crippen MR) is 136 cm³/mol. The number of hydrogen-bond acceptors (Lipinski definition) is 2. The van der Waals surface area contributed by atoms with Crippen LogP contribution in [0.15, 0.2) is 30.5 Å². The van der Waals surface area contributed by atoms with E-state index in [4.69, 9.17) is 0 Å². The van der Waals surface area contributed by atoms with Gasteiger partial charge >= 0.3 is 6.03 Å². The number of piperidine rings is 2. The number of aromatic amines is 1. The Labute approximate surface area is 198 Å². The van der Waals surface area contributed by atoms with E-state index in [-0.39, 0.29) is 17.5 Å². The van der Waals surface area contributed by atoms with Gasteiger partial charge in [0.1, 0.15) is 0 Å². The van der Waals surface area contributed by atoms with Crippen LogP contribution in [0.4, 0.5) is 4.79 Å². The Kier molecular flexibility index (Phi) is 6.02. The summed E-state index contributed by atoms with van der Waals surface area (Å²) in [7, 11) is 0. The van der Waals surface area contributed by atoms with Crippen LogP contribution in [-0.2, 0) is 5.41 Å². The Morgan fingerprint density at radius 2 is 1.82 bits per heavy atom. The Morgan fingerprint density at radius 3 is 2.58 bits per heavy atom. The van der Waals surface area contributed by atoms with Gasteiger partial charge in [-0.1, -0.05) is 52.3 Å². The second-order valence-corrected chi connectivity index (χ2v) is 11.2. The first-order chi connectivity index (χ1) is 15.9. The van der Waals surface area contributed by atoms with Crippen molar-refractivity contribution in [3.05, 3.63) is 41.7 Å². The van der Waals surface area contributed by atoms with Gasteiger partial charge in [-0.2, -0.15) is 0 Å². The Balaban J connectivity index is 1.46. The lowest BCUT2D eigenvalue weighted by molar-refractivity contribution is 0.0715. The van der Waals surface area contributed by atoms with Crippen molar-refractivity contribution < 1.29 is 4.79 Å². The summed E-state index contributed by atoms with van der Waals surface area (Å²) >= 11 is 0. The molecule has 3 aliphatic rings. The molecule has 2 atom stereocenters. The van der Waals surface area contributed by atoms with Gasteiger partial charge in [-0.15, -0.1) is 0 Å². The van der Waals surface area contributed by atoms with Gasteiger partial charge in [0.05, 0.1) is 0 Å². The van der Waals surface area contributed by atoms with Crippen LogP contribution in [0, 0.1) is 5.92 Å². The molecule has 1 aromatic heterocycles. The molecule has 1 N–H and O–H groups in total. The minimum absolute atomic E-state index is 0.0806. The molecule has 2 saturated heterocycles. The van der Waals surface area contributed by atoms with E-state index in [2.05, 4.69) is 83.9 Å². The summed E-state index contributed by atoms with van der Waals surface area (Å²) in [5.41, 5.74) is 3.44. The molecule has 0 spiro atoms. The molecule has 5 heteroatoms. The van der Waals surface area contributed by atoms with E-state index in [9.17, 15) is 4.79 Å². The smallest absolute Gasteiger partial charge is 0.324 e. The fourth-order valence-corrected chi connectivity index (χ4v) is 6.94. The Bertz CT molecular complexity index is 1030. The van der Waals surface area contributed by atoms with Crippen LogP contribution in [0.2, 0.25) is 0 Å².